The van der Waals surface area contributed by atoms with Crippen LogP contribution in [0, 0.1) is 6.92 Å². The van der Waals surface area contributed by atoms with Crippen LogP contribution in [0.5, 0.6) is 5.75 Å². The van der Waals surface area contributed by atoms with Crippen molar-refractivity contribution in [3.8, 4) is 5.75 Å². The SMILES string of the molecule is CC[C@@H](C)N1C(=O)S/C(=C/c2cc(Br)ccc2OCc2cccc(C)c2)C1=O. The van der Waals surface area contributed by atoms with E-state index in [1.54, 1.807) is 6.08 Å². The van der Waals surface area contributed by atoms with E-state index in [9.17, 15) is 9.59 Å². The summed E-state index contributed by atoms with van der Waals surface area (Å²) in [5.74, 6) is 0.425. The van der Waals surface area contributed by atoms with Crippen LogP contribution in [0.25, 0.3) is 6.08 Å². The van der Waals surface area contributed by atoms with Gasteiger partial charge >= 0.3 is 0 Å². The first-order valence-electron chi connectivity index (χ1n) is 9.14. The molecule has 28 heavy (non-hydrogen) atoms. The molecule has 1 heterocycles. The van der Waals surface area contributed by atoms with Gasteiger partial charge in [0, 0.05) is 16.1 Å². The summed E-state index contributed by atoms with van der Waals surface area (Å²) in [4.78, 5) is 26.7. The van der Waals surface area contributed by atoms with Crippen molar-refractivity contribution in [2.75, 3.05) is 0 Å². The molecule has 0 aromatic heterocycles. The van der Waals surface area contributed by atoms with Crippen LogP contribution in [0.4, 0.5) is 4.79 Å². The lowest BCUT2D eigenvalue weighted by Gasteiger charge is -2.19. The number of rotatable bonds is 6. The summed E-state index contributed by atoms with van der Waals surface area (Å²) in [6, 6.07) is 13.7. The minimum Gasteiger partial charge on any atom is -0.488 e. The second-order valence-corrected chi connectivity index (χ2v) is 8.68. The molecule has 3 rings (SSSR count). The maximum Gasteiger partial charge on any atom is 0.293 e. The molecule has 1 aliphatic heterocycles. The van der Waals surface area contributed by atoms with Gasteiger partial charge in [-0.25, -0.2) is 0 Å². The van der Waals surface area contributed by atoms with Gasteiger partial charge in [-0.3, -0.25) is 14.5 Å². The van der Waals surface area contributed by atoms with E-state index in [1.165, 1.54) is 10.5 Å². The van der Waals surface area contributed by atoms with Gasteiger partial charge in [-0.1, -0.05) is 52.7 Å². The fourth-order valence-corrected chi connectivity index (χ4v) is 4.21. The third-order valence-electron chi connectivity index (χ3n) is 4.59. The standard InChI is InChI=1S/C22H22BrNO3S/c1-4-15(3)24-21(25)20(28-22(24)26)12-17-11-18(23)8-9-19(17)27-13-16-7-5-6-14(2)10-16/h5-12,15H,4,13H2,1-3H3/b20-12+/t15-/m1/s1. The highest BCUT2D eigenvalue weighted by Gasteiger charge is 2.37. The number of nitrogens with zero attached hydrogens (tertiary/aromatic N) is 1. The van der Waals surface area contributed by atoms with Crippen molar-refractivity contribution in [1.29, 1.82) is 0 Å². The Labute approximate surface area is 178 Å². The molecule has 0 radical (unpaired) electrons. The molecule has 1 aliphatic rings. The first-order chi connectivity index (χ1) is 13.4. The van der Waals surface area contributed by atoms with E-state index < -0.39 is 0 Å². The zero-order valence-corrected chi connectivity index (χ0v) is 18.5. The number of amides is 2. The zero-order chi connectivity index (χ0) is 20.3. The van der Waals surface area contributed by atoms with Gasteiger partial charge in [0.25, 0.3) is 11.1 Å². The first kappa shape index (κ1) is 20.7. The molecular formula is C22H22BrNO3S. The number of ether oxygens (including phenoxy) is 1. The van der Waals surface area contributed by atoms with Gasteiger partial charge in [-0.05, 0) is 61.9 Å². The fourth-order valence-electron chi connectivity index (χ4n) is 2.91. The summed E-state index contributed by atoms with van der Waals surface area (Å²) in [5, 5.41) is -0.220. The topological polar surface area (TPSA) is 46.6 Å². The van der Waals surface area contributed by atoms with E-state index in [0.717, 1.165) is 33.8 Å². The molecule has 2 amide bonds. The number of imide groups is 1. The Hall–Kier alpha value is -2.05. The predicted molar refractivity (Wildman–Crippen MR) is 117 cm³/mol. The minimum absolute atomic E-state index is 0.113. The Morgan fingerprint density at radius 1 is 1.21 bits per heavy atom. The van der Waals surface area contributed by atoms with Crippen molar-refractivity contribution in [3.05, 3.63) is 68.5 Å². The maximum absolute atomic E-state index is 12.7. The van der Waals surface area contributed by atoms with Crippen LogP contribution in [0.3, 0.4) is 0 Å². The van der Waals surface area contributed by atoms with Crippen LogP contribution < -0.4 is 4.74 Å². The quantitative estimate of drug-likeness (QED) is 0.484. The number of aryl methyl sites for hydroxylation is 1. The molecule has 2 aromatic rings. The van der Waals surface area contributed by atoms with Crippen molar-refractivity contribution in [3.63, 3.8) is 0 Å². The zero-order valence-electron chi connectivity index (χ0n) is 16.1. The number of thioether (sulfide) groups is 1. The Bertz CT molecular complexity index is 941. The van der Waals surface area contributed by atoms with Crippen LogP contribution in [0.1, 0.15) is 37.0 Å². The van der Waals surface area contributed by atoms with Crippen molar-refractivity contribution in [2.24, 2.45) is 0 Å². The highest BCUT2D eigenvalue weighted by Crippen LogP contribution is 2.36. The van der Waals surface area contributed by atoms with E-state index in [0.29, 0.717) is 17.3 Å². The van der Waals surface area contributed by atoms with Crippen molar-refractivity contribution in [1.82, 2.24) is 4.90 Å². The lowest BCUT2D eigenvalue weighted by atomic mass is 10.1. The van der Waals surface area contributed by atoms with E-state index in [2.05, 4.69) is 22.0 Å². The van der Waals surface area contributed by atoms with Gasteiger partial charge < -0.3 is 4.74 Å². The Kier molecular flexibility index (Phi) is 6.62. The maximum atomic E-state index is 12.7. The third kappa shape index (κ3) is 4.67. The molecule has 0 bridgehead atoms. The Balaban J connectivity index is 1.86. The molecule has 4 nitrogen and oxygen atoms in total. The van der Waals surface area contributed by atoms with E-state index in [-0.39, 0.29) is 17.2 Å². The van der Waals surface area contributed by atoms with Crippen LogP contribution in [0.2, 0.25) is 0 Å². The fraction of sp³-hybridized carbons (Fsp3) is 0.273. The summed E-state index contributed by atoms with van der Waals surface area (Å²) in [6.07, 6.45) is 2.47. The first-order valence-corrected chi connectivity index (χ1v) is 10.7. The summed E-state index contributed by atoms with van der Waals surface area (Å²) < 4.78 is 6.89. The van der Waals surface area contributed by atoms with Crippen LogP contribution in [0.15, 0.2) is 51.8 Å². The third-order valence-corrected chi connectivity index (χ3v) is 5.97. The van der Waals surface area contributed by atoms with Gasteiger partial charge in [-0.15, -0.1) is 0 Å². The Morgan fingerprint density at radius 3 is 2.71 bits per heavy atom. The number of benzene rings is 2. The van der Waals surface area contributed by atoms with Gasteiger partial charge in [0.05, 0.1) is 4.91 Å². The molecule has 0 N–H and O–H groups in total. The second-order valence-electron chi connectivity index (χ2n) is 6.77. The molecule has 1 saturated heterocycles. The second kappa shape index (κ2) is 8.97. The molecule has 146 valence electrons. The van der Waals surface area contributed by atoms with E-state index in [4.69, 9.17) is 4.74 Å². The van der Waals surface area contributed by atoms with Gasteiger partial charge in [0.2, 0.25) is 0 Å². The summed E-state index contributed by atoms with van der Waals surface area (Å²) in [6.45, 7) is 6.32. The van der Waals surface area contributed by atoms with Gasteiger partial charge in [0.1, 0.15) is 12.4 Å². The molecule has 0 spiro atoms. The van der Waals surface area contributed by atoms with Crippen LogP contribution in [-0.4, -0.2) is 22.1 Å². The minimum atomic E-state index is -0.242. The van der Waals surface area contributed by atoms with Crippen LogP contribution >= 0.6 is 27.7 Å². The van der Waals surface area contributed by atoms with Crippen LogP contribution in [-0.2, 0) is 11.4 Å². The molecule has 6 heteroatoms. The number of carbonyl (C=O) groups excluding carboxylic acids is 2. The largest absolute Gasteiger partial charge is 0.488 e. The van der Waals surface area contributed by atoms with Crippen molar-refractivity contribution < 1.29 is 14.3 Å². The molecule has 1 fully saturated rings. The number of hydrogen-bond acceptors (Lipinski definition) is 4. The molecule has 1 atom stereocenters. The van der Waals surface area contributed by atoms with E-state index in [1.807, 2.05) is 57.2 Å². The molecule has 0 saturated carbocycles. The average Bonchev–Trinajstić information content (AvgIpc) is 2.94. The molecule has 2 aromatic carbocycles. The highest BCUT2D eigenvalue weighted by atomic mass is 79.9. The van der Waals surface area contributed by atoms with Gasteiger partial charge in [0.15, 0.2) is 0 Å². The molecule has 0 aliphatic carbocycles. The number of halogens is 1. The smallest absolute Gasteiger partial charge is 0.293 e. The normalized spacial score (nSPS) is 16.7. The Morgan fingerprint density at radius 2 is 2.00 bits per heavy atom. The average molecular weight is 460 g/mol. The van der Waals surface area contributed by atoms with Crippen molar-refractivity contribution >= 4 is 44.9 Å². The summed E-state index contributed by atoms with van der Waals surface area (Å²) >= 11 is 4.45. The highest BCUT2D eigenvalue weighted by molar-refractivity contribution is 9.10. The monoisotopic (exact) mass is 459 g/mol. The lowest BCUT2D eigenvalue weighted by Crippen LogP contribution is -2.36. The molecular weight excluding hydrogens is 438 g/mol. The van der Waals surface area contributed by atoms with E-state index >= 15 is 0 Å². The lowest BCUT2D eigenvalue weighted by molar-refractivity contribution is -0.124. The van der Waals surface area contributed by atoms with Crippen molar-refractivity contribution in [2.45, 2.75) is 39.8 Å². The predicted octanol–water partition coefficient (Wildman–Crippen LogP) is 6.17. The molecule has 0 unspecified atom stereocenters. The van der Waals surface area contributed by atoms with Gasteiger partial charge in [-0.2, -0.15) is 0 Å². The summed E-state index contributed by atoms with van der Waals surface area (Å²) in [7, 11) is 0. The summed E-state index contributed by atoms with van der Waals surface area (Å²) in [5.41, 5.74) is 3.01. The number of carbonyl (C=O) groups is 2. The number of hydrogen-bond donors (Lipinski definition) is 0.